The van der Waals surface area contributed by atoms with Gasteiger partial charge in [0.05, 0.1) is 5.39 Å². The molecule has 0 spiro atoms. The molecule has 5 rings (SSSR count). The molecule has 1 saturated heterocycles. The van der Waals surface area contributed by atoms with Crippen molar-refractivity contribution in [3.05, 3.63) is 72.4 Å². The SMILES string of the molecule is O=C(Nc1cccc([C@@H]2CCCN(c3ncnc4[nH]ccc34)C2)c1)c1ccc[nH]1. The van der Waals surface area contributed by atoms with E-state index in [1.807, 2.05) is 30.5 Å². The first kappa shape index (κ1) is 17.5. The molecule has 0 radical (unpaired) electrons. The van der Waals surface area contributed by atoms with Crippen molar-refractivity contribution in [1.82, 2.24) is 19.9 Å². The van der Waals surface area contributed by atoms with Crippen LogP contribution < -0.4 is 10.2 Å². The lowest BCUT2D eigenvalue weighted by Crippen LogP contribution is -2.35. The maximum atomic E-state index is 12.3. The number of aromatic amines is 2. The minimum Gasteiger partial charge on any atom is -0.357 e. The van der Waals surface area contributed by atoms with Gasteiger partial charge >= 0.3 is 0 Å². The predicted molar refractivity (Wildman–Crippen MR) is 113 cm³/mol. The summed E-state index contributed by atoms with van der Waals surface area (Å²) in [5.41, 5.74) is 3.47. The number of H-pyrrole nitrogens is 2. The molecule has 3 N–H and O–H groups in total. The zero-order valence-electron chi connectivity index (χ0n) is 15.9. The highest BCUT2D eigenvalue weighted by Crippen LogP contribution is 2.32. The van der Waals surface area contributed by atoms with Crippen LogP contribution in [-0.2, 0) is 0 Å². The fourth-order valence-corrected chi connectivity index (χ4v) is 4.09. The molecule has 1 atom stereocenters. The van der Waals surface area contributed by atoms with Gasteiger partial charge in [0.15, 0.2) is 0 Å². The van der Waals surface area contributed by atoms with E-state index in [9.17, 15) is 4.79 Å². The summed E-state index contributed by atoms with van der Waals surface area (Å²) in [4.78, 5) is 29.6. The number of rotatable bonds is 4. The molecule has 0 aliphatic carbocycles. The maximum Gasteiger partial charge on any atom is 0.272 e. The molecule has 1 fully saturated rings. The number of hydrogen-bond acceptors (Lipinski definition) is 4. The molecule has 4 aromatic rings. The molecule has 29 heavy (non-hydrogen) atoms. The third-order valence-electron chi connectivity index (χ3n) is 5.51. The van der Waals surface area contributed by atoms with Crippen LogP contribution in [0.5, 0.6) is 0 Å². The molecular weight excluding hydrogens is 364 g/mol. The number of fused-ring (bicyclic) bond motifs is 1. The quantitative estimate of drug-likeness (QED) is 0.496. The van der Waals surface area contributed by atoms with Crippen LogP contribution in [0.25, 0.3) is 11.0 Å². The average Bonchev–Trinajstić information content (AvgIpc) is 3.46. The van der Waals surface area contributed by atoms with Crippen molar-refractivity contribution >= 4 is 28.4 Å². The molecule has 1 aliphatic heterocycles. The van der Waals surface area contributed by atoms with Gasteiger partial charge in [0.2, 0.25) is 0 Å². The number of piperidine rings is 1. The minimum atomic E-state index is -0.131. The summed E-state index contributed by atoms with van der Waals surface area (Å²) in [6, 6.07) is 13.8. The summed E-state index contributed by atoms with van der Waals surface area (Å²) < 4.78 is 0. The second-order valence-corrected chi connectivity index (χ2v) is 7.39. The lowest BCUT2D eigenvalue weighted by atomic mass is 9.90. The fourth-order valence-electron chi connectivity index (χ4n) is 4.09. The summed E-state index contributed by atoms with van der Waals surface area (Å²) >= 11 is 0. The largest absolute Gasteiger partial charge is 0.357 e. The zero-order valence-corrected chi connectivity index (χ0v) is 15.9. The van der Waals surface area contributed by atoms with Crippen molar-refractivity contribution in [2.45, 2.75) is 18.8 Å². The van der Waals surface area contributed by atoms with E-state index in [2.05, 4.69) is 42.3 Å². The normalized spacial score (nSPS) is 16.8. The highest BCUT2D eigenvalue weighted by Gasteiger charge is 2.24. The Labute approximate surface area is 168 Å². The summed E-state index contributed by atoms with van der Waals surface area (Å²) in [5, 5.41) is 4.03. The second kappa shape index (κ2) is 7.43. The second-order valence-electron chi connectivity index (χ2n) is 7.39. The molecule has 1 amide bonds. The van der Waals surface area contributed by atoms with Crippen LogP contribution in [0.1, 0.15) is 34.8 Å². The summed E-state index contributed by atoms with van der Waals surface area (Å²) in [6.45, 7) is 1.88. The van der Waals surface area contributed by atoms with Crippen molar-refractivity contribution in [3.63, 3.8) is 0 Å². The molecule has 3 aromatic heterocycles. The van der Waals surface area contributed by atoms with Gasteiger partial charge in [-0.05, 0) is 48.7 Å². The van der Waals surface area contributed by atoms with E-state index in [0.717, 1.165) is 48.5 Å². The smallest absolute Gasteiger partial charge is 0.272 e. The van der Waals surface area contributed by atoms with Gasteiger partial charge in [0, 0.05) is 37.1 Å². The monoisotopic (exact) mass is 386 g/mol. The molecule has 146 valence electrons. The Morgan fingerprint density at radius 2 is 2.07 bits per heavy atom. The maximum absolute atomic E-state index is 12.3. The number of benzene rings is 1. The number of aromatic nitrogens is 4. The number of hydrogen-bond donors (Lipinski definition) is 3. The van der Waals surface area contributed by atoms with Crippen LogP contribution in [0.4, 0.5) is 11.5 Å². The Kier molecular flexibility index (Phi) is 4.48. The van der Waals surface area contributed by atoms with E-state index in [-0.39, 0.29) is 5.91 Å². The molecule has 0 unspecified atom stereocenters. The lowest BCUT2D eigenvalue weighted by molar-refractivity contribution is 0.102. The Hall–Kier alpha value is -3.61. The Morgan fingerprint density at radius 3 is 2.97 bits per heavy atom. The highest BCUT2D eigenvalue weighted by atomic mass is 16.1. The van der Waals surface area contributed by atoms with Crippen LogP contribution in [0, 0.1) is 0 Å². The van der Waals surface area contributed by atoms with Gasteiger partial charge < -0.3 is 20.2 Å². The number of anilines is 2. The standard InChI is InChI=1S/C22H22N6O/c29-22(19-7-2-9-23-19)27-17-6-1-4-15(12-17)16-5-3-11-28(13-16)21-18-8-10-24-20(18)25-14-26-21/h1-2,4,6-10,12,14,16,23H,3,5,11,13H2,(H,27,29)(H,24,25,26)/t16-/m1/s1. The lowest BCUT2D eigenvalue weighted by Gasteiger charge is -2.34. The summed E-state index contributed by atoms with van der Waals surface area (Å²) in [7, 11) is 0. The Morgan fingerprint density at radius 1 is 1.10 bits per heavy atom. The van der Waals surface area contributed by atoms with Gasteiger partial charge in [-0.3, -0.25) is 4.79 Å². The van der Waals surface area contributed by atoms with Crippen molar-refractivity contribution in [2.75, 3.05) is 23.3 Å². The summed E-state index contributed by atoms with van der Waals surface area (Å²) in [6.07, 6.45) is 7.48. The molecule has 1 aliphatic rings. The topological polar surface area (TPSA) is 89.7 Å². The molecule has 0 saturated carbocycles. The first-order valence-corrected chi connectivity index (χ1v) is 9.86. The fraction of sp³-hybridized carbons (Fsp3) is 0.227. The molecule has 4 heterocycles. The molecule has 7 heteroatoms. The van der Waals surface area contributed by atoms with Gasteiger partial charge in [-0.15, -0.1) is 0 Å². The third kappa shape index (κ3) is 3.47. The Balaban J connectivity index is 1.36. The van der Waals surface area contributed by atoms with Crippen molar-refractivity contribution in [3.8, 4) is 0 Å². The average molecular weight is 386 g/mol. The molecular formula is C22H22N6O. The van der Waals surface area contributed by atoms with Gasteiger partial charge in [-0.2, -0.15) is 0 Å². The first-order chi connectivity index (χ1) is 14.3. The van der Waals surface area contributed by atoms with Crippen molar-refractivity contribution in [2.24, 2.45) is 0 Å². The number of nitrogens with zero attached hydrogens (tertiary/aromatic N) is 3. The Bertz CT molecular complexity index is 1130. The highest BCUT2D eigenvalue weighted by molar-refractivity contribution is 6.02. The van der Waals surface area contributed by atoms with E-state index in [1.165, 1.54) is 5.56 Å². The number of carbonyl (C=O) groups excluding carboxylic acids is 1. The van der Waals surface area contributed by atoms with Gasteiger partial charge in [0.25, 0.3) is 5.91 Å². The summed E-state index contributed by atoms with van der Waals surface area (Å²) in [5.74, 6) is 1.24. The van der Waals surface area contributed by atoms with Crippen LogP contribution in [0.15, 0.2) is 61.2 Å². The van der Waals surface area contributed by atoms with E-state index in [1.54, 1.807) is 18.6 Å². The van der Waals surface area contributed by atoms with Gasteiger partial charge in [-0.1, -0.05) is 12.1 Å². The third-order valence-corrected chi connectivity index (χ3v) is 5.51. The van der Waals surface area contributed by atoms with E-state index >= 15 is 0 Å². The van der Waals surface area contributed by atoms with Crippen LogP contribution in [0.2, 0.25) is 0 Å². The first-order valence-electron chi connectivity index (χ1n) is 9.86. The van der Waals surface area contributed by atoms with E-state index < -0.39 is 0 Å². The van der Waals surface area contributed by atoms with Gasteiger partial charge in [-0.25, -0.2) is 9.97 Å². The van der Waals surface area contributed by atoms with Gasteiger partial charge in [0.1, 0.15) is 23.5 Å². The number of nitrogens with one attached hydrogen (secondary N) is 3. The van der Waals surface area contributed by atoms with Crippen LogP contribution in [-0.4, -0.2) is 38.9 Å². The van der Waals surface area contributed by atoms with Crippen molar-refractivity contribution in [1.29, 1.82) is 0 Å². The van der Waals surface area contributed by atoms with E-state index in [4.69, 9.17) is 0 Å². The predicted octanol–water partition coefficient (Wildman–Crippen LogP) is 3.92. The number of carbonyl (C=O) groups is 1. The molecule has 7 nitrogen and oxygen atoms in total. The molecule has 0 bridgehead atoms. The molecule has 1 aromatic carbocycles. The number of amides is 1. The zero-order chi connectivity index (χ0) is 19.6. The van der Waals surface area contributed by atoms with E-state index in [0.29, 0.717) is 11.6 Å². The minimum absolute atomic E-state index is 0.131. The van der Waals surface area contributed by atoms with Crippen LogP contribution >= 0.6 is 0 Å². The van der Waals surface area contributed by atoms with Crippen LogP contribution in [0.3, 0.4) is 0 Å². The van der Waals surface area contributed by atoms with Crippen molar-refractivity contribution < 1.29 is 4.79 Å².